The highest BCUT2D eigenvalue weighted by atomic mass is 35.5. The van der Waals surface area contributed by atoms with E-state index in [0.29, 0.717) is 12.3 Å². The van der Waals surface area contributed by atoms with E-state index in [0.717, 1.165) is 55.3 Å². The van der Waals surface area contributed by atoms with Crippen LogP contribution >= 0.6 is 24.8 Å². The minimum Gasteiger partial charge on any atom is -0.482 e. The minimum atomic E-state index is -0.163. The maximum absolute atomic E-state index is 12.1. The van der Waals surface area contributed by atoms with Crippen LogP contribution in [0.4, 0.5) is 0 Å². The van der Waals surface area contributed by atoms with Gasteiger partial charge in [-0.2, -0.15) is 5.10 Å². The molecule has 1 amide bonds. The zero-order valence-corrected chi connectivity index (χ0v) is 17.3. The molecule has 27 heavy (non-hydrogen) atoms. The zero-order valence-electron chi connectivity index (χ0n) is 15.7. The van der Waals surface area contributed by atoms with E-state index in [2.05, 4.69) is 20.7 Å². The SMILES string of the molecule is CCc1nc(C)ccc1OCC(=O)NCc1cc2n(n1)CCCNC2.Cl.Cl. The number of halogens is 2. The van der Waals surface area contributed by atoms with E-state index in [-0.39, 0.29) is 37.3 Å². The lowest BCUT2D eigenvalue weighted by molar-refractivity contribution is -0.123. The number of carbonyl (C=O) groups is 1. The normalized spacial score (nSPS) is 12.8. The first kappa shape index (κ1) is 23.2. The van der Waals surface area contributed by atoms with Crippen molar-refractivity contribution in [2.75, 3.05) is 13.2 Å². The predicted octanol–water partition coefficient (Wildman–Crippen LogP) is 2.18. The minimum absolute atomic E-state index is 0. The van der Waals surface area contributed by atoms with Crippen LogP contribution in [0.1, 0.15) is 36.1 Å². The van der Waals surface area contributed by atoms with Gasteiger partial charge in [0, 0.05) is 18.8 Å². The van der Waals surface area contributed by atoms with Gasteiger partial charge in [-0.25, -0.2) is 0 Å². The van der Waals surface area contributed by atoms with Gasteiger partial charge in [0.25, 0.3) is 5.91 Å². The Hall–Kier alpha value is -1.83. The number of aryl methyl sites for hydroxylation is 3. The second-order valence-corrected chi connectivity index (χ2v) is 6.20. The molecule has 1 aliphatic rings. The number of pyridine rings is 1. The molecule has 2 aromatic rings. The van der Waals surface area contributed by atoms with Crippen LogP contribution in [0.15, 0.2) is 18.2 Å². The molecular formula is C18H27Cl2N5O2. The van der Waals surface area contributed by atoms with Gasteiger partial charge in [-0.05, 0) is 44.5 Å². The summed E-state index contributed by atoms with van der Waals surface area (Å²) >= 11 is 0. The molecule has 150 valence electrons. The number of amides is 1. The second kappa shape index (κ2) is 11.1. The van der Waals surface area contributed by atoms with Gasteiger partial charge in [0.15, 0.2) is 6.61 Å². The molecule has 0 unspecified atom stereocenters. The number of nitrogens with zero attached hydrogens (tertiary/aromatic N) is 3. The van der Waals surface area contributed by atoms with Crippen LogP contribution < -0.4 is 15.4 Å². The Morgan fingerprint density at radius 3 is 2.96 bits per heavy atom. The lowest BCUT2D eigenvalue weighted by atomic mass is 10.2. The molecule has 9 heteroatoms. The third-order valence-electron chi connectivity index (χ3n) is 4.18. The molecule has 2 aromatic heterocycles. The molecule has 0 saturated heterocycles. The maximum Gasteiger partial charge on any atom is 0.258 e. The van der Waals surface area contributed by atoms with Crippen molar-refractivity contribution in [1.82, 2.24) is 25.4 Å². The van der Waals surface area contributed by atoms with Crippen LogP contribution in [0, 0.1) is 6.92 Å². The highest BCUT2D eigenvalue weighted by Gasteiger charge is 2.12. The third kappa shape index (κ3) is 6.37. The smallest absolute Gasteiger partial charge is 0.258 e. The number of fused-ring (bicyclic) bond motifs is 1. The Morgan fingerprint density at radius 2 is 2.19 bits per heavy atom. The Labute approximate surface area is 172 Å². The van der Waals surface area contributed by atoms with Gasteiger partial charge in [-0.1, -0.05) is 6.92 Å². The largest absolute Gasteiger partial charge is 0.482 e. The second-order valence-electron chi connectivity index (χ2n) is 6.20. The van der Waals surface area contributed by atoms with Gasteiger partial charge in [-0.3, -0.25) is 14.5 Å². The number of nitrogens with one attached hydrogen (secondary N) is 2. The first-order valence-electron chi connectivity index (χ1n) is 8.78. The average Bonchev–Trinajstić information content (AvgIpc) is 2.88. The number of ether oxygens (including phenoxy) is 1. The summed E-state index contributed by atoms with van der Waals surface area (Å²) in [6.07, 6.45) is 1.84. The summed E-state index contributed by atoms with van der Waals surface area (Å²) in [6.45, 7) is 7.11. The molecule has 7 nitrogen and oxygen atoms in total. The molecule has 3 heterocycles. The maximum atomic E-state index is 12.1. The summed E-state index contributed by atoms with van der Waals surface area (Å²) in [7, 11) is 0. The molecule has 0 aromatic carbocycles. The Balaban J connectivity index is 0.00000182. The summed E-state index contributed by atoms with van der Waals surface area (Å²) < 4.78 is 7.64. The Bertz CT molecular complexity index is 728. The molecule has 0 spiro atoms. The van der Waals surface area contributed by atoms with Gasteiger partial charge in [0.1, 0.15) is 5.75 Å². The van der Waals surface area contributed by atoms with Crippen LogP contribution in [0.3, 0.4) is 0 Å². The van der Waals surface area contributed by atoms with E-state index in [9.17, 15) is 4.79 Å². The molecule has 0 fully saturated rings. The Kier molecular flexibility index (Phi) is 9.55. The van der Waals surface area contributed by atoms with Crippen molar-refractivity contribution in [3.8, 4) is 5.75 Å². The number of carbonyl (C=O) groups excluding carboxylic acids is 1. The van der Waals surface area contributed by atoms with E-state index in [1.807, 2.05) is 36.7 Å². The quantitative estimate of drug-likeness (QED) is 0.755. The fraction of sp³-hybridized carbons (Fsp3) is 0.500. The number of hydrogen-bond acceptors (Lipinski definition) is 5. The highest BCUT2D eigenvalue weighted by molar-refractivity contribution is 5.85. The van der Waals surface area contributed by atoms with E-state index >= 15 is 0 Å². The molecule has 1 aliphatic heterocycles. The number of rotatable bonds is 6. The summed E-state index contributed by atoms with van der Waals surface area (Å²) in [5.74, 6) is 0.506. The summed E-state index contributed by atoms with van der Waals surface area (Å²) in [5.41, 5.74) is 3.86. The fourth-order valence-corrected chi connectivity index (χ4v) is 2.87. The van der Waals surface area contributed by atoms with Crippen molar-refractivity contribution in [2.45, 2.75) is 46.3 Å². The van der Waals surface area contributed by atoms with E-state index in [4.69, 9.17) is 4.74 Å². The summed E-state index contributed by atoms with van der Waals surface area (Å²) in [5, 5.41) is 10.8. The number of hydrogen-bond donors (Lipinski definition) is 2. The standard InChI is InChI=1S/C18H25N5O2.2ClH/c1-3-16-17(6-5-13(2)21-16)25-12-18(24)20-10-14-9-15-11-19-7-4-8-23(15)22-14;;/h5-6,9,19H,3-4,7-8,10-12H2,1-2H3,(H,20,24);2*1H. The first-order valence-corrected chi connectivity index (χ1v) is 8.78. The lowest BCUT2D eigenvalue weighted by Crippen LogP contribution is -2.28. The molecule has 0 bridgehead atoms. The zero-order chi connectivity index (χ0) is 17.6. The van der Waals surface area contributed by atoms with Crippen LogP contribution in [-0.2, 0) is 30.8 Å². The predicted molar refractivity (Wildman–Crippen MR) is 109 cm³/mol. The molecule has 2 N–H and O–H groups in total. The van der Waals surface area contributed by atoms with Gasteiger partial charge >= 0.3 is 0 Å². The van der Waals surface area contributed by atoms with Crippen LogP contribution in [0.25, 0.3) is 0 Å². The van der Waals surface area contributed by atoms with E-state index in [1.165, 1.54) is 0 Å². The molecule has 0 atom stereocenters. The van der Waals surface area contributed by atoms with Gasteiger partial charge in [0.2, 0.25) is 0 Å². The van der Waals surface area contributed by atoms with E-state index < -0.39 is 0 Å². The first-order chi connectivity index (χ1) is 12.2. The third-order valence-corrected chi connectivity index (χ3v) is 4.18. The van der Waals surface area contributed by atoms with E-state index in [1.54, 1.807) is 0 Å². The Morgan fingerprint density at radius 1 is 1.37 bits per heavy atom. The van der Waals surface area contributed by atoms with Crippen molar-refractivity contribution in [1.29, 1.82) is 0 Å². The van der Waals surface area contributed by atoms with Crippen molar-refractivity contribution in [2.24, 2.45) is 0 Å². The van der Waals surface area contributed by atoms with Crippen molar-refractivity contribution in [3.05, 3.63) is 41.0 Å². The molecule has 3 rings (SSSR count). The lowest BCUT2D eigenvalue weighted by Gasteiger charge is -2.10. The molecular weight excluding hydrogens is 389 g/mol. The monoisotopic (exact) mass is 415 g/mol. The topological polar surface area (TPSA) is 81.1 Å². The van der Waals surface area contributed by atoms with Gasteiger partial charge in [0.05, 0.1) is 23.6 Å². The highest BCUT2D eigenvalue weighted by Crippen LogP contribution is 2.17. The molecule has 0 aliphatic carbocycles. The average molecular weight is 416 g/mol. The van der Waals surface area contributed by atoms with Crippen molar-refractivity contribution < 1.29 is 9.53 Å². The van der Waals surface area contributed by atoms with Gasteiger partial charge in [-0.15, -0.1) is 24.8 Å². The van der Waals surface area contributed by atoms with Gasteiger partial charge < -0.3 is 15.4 Å². The summed E-state index contributed by atoms with van der Waals surface area (Å²) in [4.78, 5) is 16.5. The molecule has 0 radical (unpaired) electrons. The van der Waals surface area contributed by atoms with Crippen LogP contribution in [0.2, 0.25) is 0 Å². The van der Waals surface area contributed by atoms with Crippen LogP contribution in [-0.4, -0.2) is 33.8 Å². The fourth-order valence-electron chi connectivity index (χ4n) is 2.87. The van der Waals surface area contributed by atoms with Crippen molar-refractivity contribution in [3.63, 3.8) is 0 Å². The summed E-state index contributed by atoms with van der Waals surface area (Å²) in [6, 6.07) is 5.80. The molecule has 0 saturated carbocycles. The van der Waals surface area contributed by atoms with Crippen molar-refractivity contribution >= 4 is 30.7 Å². The number of aromatic nitrogens is 3. The van der Waals surface area contributed by atoms with Crippen LogP contribution in [0.5, 0.6) is 5.75 Å².